The van der Waals surface area contributed by atoms with Gasteiger partial charge < -0.3 is 14.8 Å². The summed E-state index contributed by atoms with van der Waals surface area (Å²) in [4.78, 5) is 11.0. The fourth-order valence-electron chi connectivity index (χ4n) is 1.96. The number of alkyl carbamates (subject to hydrolysis) is 1. The SMILES string of the molecule is Cl.O=C1N[C@@H](c2ccc(Oc3ccccc3)cc2)CO1. The minimum Gasteiger partial charge on any atom is -0.457 e. The van der Waals surface area contributed by atoms with Gasteiger partial charge in [0, 0.05) is 0 Å². The first kappa shape index (κ1) is 14.2. The molecule has 0 aromatic heterocycles. The molecule has 2 aromatic rings. The summed E-state index contributed by atoms with van der Waals surface area (Å²) in [6, 6.07) is 17.1. The summed E-state index contributed by atoms with van der Waals surface area (Å²) in [5.41, 5.74) is 1.01. The van der Waals surface area contributed by atoms with Gasteiger partial charge in [0.2, 0.25) is 0 Å². The largest absolute Gasteiger partial charge is 0.457 e. The van der Waals surface area contributed by atoms with E-state index in [4.69, 9.17) is 9.47 Å². The zero-order valence-corrected chi connectivity index (χ0v) is 11.4. The second kappa shape index (κ2) is 6.30. The summed E-state index contributed by atoms with van der Waals surface area (Å²) < 4.78 is 10.6. The molecule has 1 saturated heterocycles. The molecule has 4 nitrogen and oxygen atoms in total. The van der Waals surface area contributed by atoms with E-state index in [1.165, 1.54) is 0 Å². The highest BCUT2D eigenvalue weighted by molar-refractivity contribution is 5.85. The predicted octanol–water partition coefficient (Wildman–Crippen LogP) is 3.68. The molecule has 1 heterocycles. The van der Waals surface area contributed by atoms with Crippen LogP contribution in [0.4, 0.5) is 4.79 Å². The van der Waals surface area contributed by atoms with E-state index >= 15 is 0 Å². The smallest absolute Gasteiger partial charge is 0.407 e. The van der Waals surface area contributed by atoms with Gasteiger partial charge >= 0.3 is 6.09 Å². The number of rotatable bonds is 3. The lowest BCUT2D eigenvalue weighted by Crippen LogP contribution is -2.18. The number of hydrogen-bond donors (Lipinski definition) is 1. The number of carbonyl (C=O) groups excluding carboxylic acids is 1. The molecule has 1 atom stereocenters. The molecule has 20 heavy (non-hydrogen) atoms. The fraction of sp³-hybridized carbons (Fsp3) is 0.133. The standard InChI is InChI=1S/C15H13NO3.ClH/c17-15-16-14(10-18-15)11-6-8-13(9-7-11)19-12-4-2-1-3-5-12;/h1-9,14H,10H2,(H,16,17);1H/t14-;/m1./s1. The van der Waals surface area contributed by atoms with Crippen molar-refractivity contribution in [1.82, 2.24) is 5.32 Å². The maximum absolute atomic E-state index is 11.0. The van der Waals surface area contributed by atoms with Crippen LogP contribution in [-0.2, 0) is 4.74 Å². The van der Waals surface area contributed by atoms with E-state index in [0.717, 1.165) is 17.1 Å². The van der Waals surface area contributed by atoms with Crippen LogP contribution in [0.1, 0.15) is 11.6 Å². The Bertz CT molecular complexity index is 571. The fourth-order valence-corrected chi connectivity index (χ4v) is 1.96. The van der Waals surface area contributed by atoms with Crippen LogP contribution in [0.3, 0.4) is 0 Å². The number of halogens is 1. The third kappa shape index (κ3) is 3.22. The van der Waals surface area contributed by atoms with Crippen molar-refractivity contribution < 1.29 is 14.3 Å². The Labute approximate surface area is 123 Å². The molecule has 104 valence electrons. The monoisotopic (exact) mass is 291 g/mol. The van der Waals surface area contributed by atoms with Gasteiger partial charge in [-0.2, -0.15) is 0 Å². The van der Waals surface area contributed by atoms with Gasteiger partial charge in [-0.15, -0.1) is 12.4 Å². The second-order valence-corrected chi connectivity index (χ2v) is 4.28. The van der Waals surface area contributed by atoms with Gasteiger partial charge in [-0.25, -0.2) is 4.79 Å². The molecule has 2 aromatic carbocycles. The first-order valence-corrected chi connectivity index (χ1v) is 6.07. The molecule has 1 N–H and O–H groups in total. The molecule has 3 rings (SSSR count). The lowest BCUT2D eigenvalue weighted by Gasteiger charge is -2.09. The highest BCUT2D eigenvalue weighted by Gasteiger charge is 2.23. The van der Waals surface area contributed by atoms with Gasteiger partial charge in [0.05, 0.1) is 6.04 Å². The van der Waals surface area contributed by atoms with Crippen LogP contribution in [-0.4, -0.2) is 12.7 Å². The summed E-state index contributed by atoms with van der Waals surface area (Å²) in [6.45, 7) is 0.373. The number of ether oxygens (including phenoxy) is 2. The summed E-state index contributed by atoms with van der Waals surface area (Å²) in [5.74, 6) is 1.56. The Hall–Kier alpha value is -2.20. The Balaban J connectivity index is 0.00000147. The lowest BCUT2D eigenvalue weighted by molar-refractivity contribution is 0.177. The highest BCUT2D eigenvalue weighted by Crippen LogP contribution is 2.24. The van der Waals surface area contributed by atoms with Crippen LogP contribution in [0.25, 0.3) is 0 Å². The van der Waals surface area contributed by atoms with Crippen molar-refractivity contribution in [3.8, 4) is 11.5 Å². The van der Waals surface area contributed by atoms with E-state index in [9.17, 15) is 4.79 Å². The molecule has 1 aliphatic rings. The summed E-state index contributed by atoms with van der Waals surface area (Å²) >= 11 is 0. The average Bonchev–Trinajstić information content (AvgIpc) is 2.87. The molecule has 0 saturated carbocycles. The third-order valence-electron chi connectivity index (χ3n) is 2.93. The lowest BCUT2D eigenvalue weighted by atomic mass is 10.1. The summed E-state index contributed by atoms with van der Waals surface area (Å²) in [6.07, 6.45) is -0.366. The number of benzene rings is 2. The maximum atomic E-state index is 11.0. The van der Waals surface area contributed by atoms with Gasteiger partial charge in [-0.05, 0) is 29.8 Å². The Morgan fingerprint density at radius 1 is 1.00 bits per heavy atom. The Morgan fingerprint density at radius 2 is 1.65 bits per heavy atom. The van der Waals surface area contributed by atoms with Crippen LogP contribution in [0.5, 0.6) is 11.5 Å². The topological polar surface area (TPSA) is 47.6 Å². The normalized spacial score (nSPS) is 16.8. The van der Waals surface area contributed by atoms with Crippen LogP contribution < -0.4 is 10.1 Å². The maximum Gasteiger partial charge on any atom is 0.407 e. The van der Waals surface area contributed by atoms with Gasteiger partial charge in [0.1, 0.15) is 18.1 Å². The minimum absolute atomic E-state index is 0. The quantitative estimate of drug-likeness (QED) is 0.938. The molecule has 1 amide bonds. The molecule has 5 heteroatoms. The van der Waals surface area contributed by atoms with Gasteiger partial charge in [-0.3, -0.25) is 0 Å². The van der Waals surface area contributed by atoms with E-state index in [2.05, 4.69) is 5.32 Å². The molecule has 0 bridgehead atoms. The van der Waals surface area contributed by atoms with Crippen molar-refractivity contribution in [2.24, 2.45) is 0 Å². The number of hydrogen-bond acceptors (Lipinski definition) is 3. The molecular weight excluding hydrogens is 278 g/mol. The van der Waals surface area contributed by atoms with Crippen molar-refractivity contribution in [3.63, 3.8) is 0 Å². The number of amides is 1. The van der Waals surface area contributed by atoms with Gasteiger partial charge in [0.15, 0.2) is 0 Å². The average molecular weight is 292 g/mol. The van der Waals surface area contributed by atoms with Crippen molar-refractivity contribution in [1.29, 1.82) is 0 Å². The van der Waals surface area contributed by atoms with Gasteiger partial charge in [-0.1, -0.05) is 30.3 Å². The van der Waals surface area contributed by atoms with Crippen LogP contribution in [0.2, 0.25) is 0 Å². The molecular formula is C15H14ClNO3. The number of cyclic esters (lactones) is 1. The van der Waals surface area contributed by atoms with E-state index in [0.29, 0.717) is 6.61 Å². The van der Waals surface area contributed by atoms with Crippen molar-refractivity contribution in [2.45, 2.75) is 6.04 Å². The number of nitrogens with one attached hydrogen (secondary N) is 1. The summed E-state index contributed by atoms with van der Waals surface area (Å²) in [7, 11) is 0. The number of para-hydroxylation sites is 1. The minimum atomic E-state index is -0.366. The Morgan fingerprint density at radius 3 is 2.25 bits per heavy atom. The number of carbonyl (C=O) groups is 1. The molecule has 0 radical (unpaired) electrons. The molecule has 0 unspecified atom stereocenters. The zero-order valence-electron chi connectivity index (χ0n) is 10.6. The van der Waals surface area contributed by atoms with Crippen LogP contribution in [0, 0.1) is 0 Å². The molecule has 1 fully saturated rings. The molecule has 1 aliphatic heterocycles. The van der Waals surface area contributed by atoms with Crippen molar-refractivity contribution in [3.05, 3.63) is 60.2 Å². The summed E-state index contributed by atoms with van der Waals surface area (Å²) in [5, 5.41) is 2.74. The highest BCUT2D eigenvalue weighted by atomic mass is 35.5. The van der Waals surface area contributed by atoms with E-state index < -0.39 is 0 Å². The van der Waals surface area contributed by atoms with Crippen LogP contribution >= 0.6 is 12.4 Å². The third-order valence-corrected chi connectivity index (χ3v) is 2.93. The predicted molar refractivity (Wildman–Crippen MR) is 77.4 cm³/mol. The Kier molecular flexibility index (Phi) is 4.48. The zero-order chi connectivity index (χ0) is 13.1. The molecule has 0 aliphatic carbocycles. The van der Waals surface area contributed by atoms with Crippen molar-refractivity contribution >= 4 is 18.5 Å². The van der Waals surface area contributed by atoms with E-state index in [1.54, 1.807) is 0 Å². The van der Waals surface area contributed by atoms with Crippen molar-refractivity contribution in [2.75, 3.05) is 6.61 Å². The van der Waals surface area contributed by atoms with Gasteiger partial charge in [0.25, 0.3) is 0 Å². The van der Waals surface area contributed by atoms with Crippen LogP contribution in [0.15, 0.2) is 54.6 Å². The van der Waals surface area contributed by atoms with E-state index in [-0.39, 0.29) is 24.5 Å². The first-order valence-electron chi connectivity index (χ1n) is 6.07. The van der Waals surface area contributed by atoms with E-state index in [1.807, 2.05) is 54.6 Å². The molecule has 0 spiro atoms. The first-order chi connectivity index (χ1) is 9.31. The second-order valence-electron chi connectivity index (χ2n) is 4.28.